The van der Waals surface area contributed by atoms with E-state index in [9.17, 15) is 9.59 Å². The third kappa shape index (κ3) is 5.84. The molecular weight excluding hydrogens is 524 g/mol. The molecule has 1 fully saturated rings. The van der Waals surface area contributed by atoms with Gasteiger partial charge in [0.25, 0.3) is 5.91 Å². The Kier molecular flexibility index (Phi) is 7.67. The van der Waals surface area contributed by atoms with Crippen LogP contribution in [0.25, 0.3) is 16.9 Å². The summed E-state index contributed by atoms with van der Waals surface area (Å²) in [6.45, 7) is 0.493. The minimum atomic E-state index is -0.328. The van der Waals surface area contributed by atoms with Gasteiger partial charge in [0.15, 0.2) is 11.5 Å². The molecule has 10 heteroatoms. The molecule has 0 radical (unpaired) electrons. The van der Waals surface area contributed by atoms with Gasteiger partial charge in [0.2, 0.25) is 11.9 Å². The highest BCUT2D eigenvalue weighted by Crippen LogP contribution is 2.33. The van der Waals surface area contributed by atoms with Crippen LogP contribution in [0.15, 0.2) is 66.2 Å². The molecule has 0 unspecified atom stereocenters. The molecule has 1 N–H and O–H groups in total. The fourth-order valence-corrected chi connectivity index (χ4v) is 4.94. The van der Waals surface area contributed by atoms with Crippen LogP contribution in [0, 0.1) is 5.92 Å². The van der Waals surface area contributed by atoms with Crippen molar-refractivity contribution in [1.82, 2.24) is 14.5 Å². The van der Waals surface area contributed by atoms with E-state index in [0.717, 1.165) is 24.1 Å². The topological polar surface area (TPSA) is 85.7 Å². The summed E-state index contributed by atoms with van der Waals surface area (Å²) < 4.78 is 12.6. The molecule has 196 valence electrons. The molecule has 8 nitrogen and oxygen atoms in total. The average molecular weight is 551 g/mol. The van der Waals surface area contributed by atoms with E-state index in [1.165, 1.54) is 11.3 Å². The van der Waals surface area contributed by atoms with E-state index >= 15 is 0 Å². The van der Waals surface area contributed by atoms with E-state index in [1.807, 2.05) is 41.9 Å². The summed E-state index contributed by atoms with van der Waals surface area (Å²) in [5, 5.41) is 5.41. The number of anilines is 1. The molecule has 1 aliphatic carbocycles. The number of carbonyl (C=O) groups excluding carboxylic acids is 2. The first-order valence-corrected chi connectivity index (χ1v) is 13.4. The number of halogens is 1. The molecule has 1 saturated carbocycles. The van der Waals surface area contributed by atoms with E-state index in [4.69, 9.17) is 26.1 Å². The van der Waals surface area contributed by atoms with Crippen molar-refractivity contribution in [3.8, 4) is 28.4 Å². The van der Waals surface area contributed by atoms with Gasteiger partial charge in [0.1, 0.15) is 6.54 Å². The quantitative estimate of drug-likeness (QED) is 0.271. The number of aromatic nitrogens is 2. The number of methoxy groups -OCH3 is 2. The van der Waals surface area contributed by atoms with Crippen LogP contribution < -0.4 is 14.8 Å². The molecule has 0 spiro atoms. The SMILES string of the molecule is COc1ccc(-n2cc(-c3ccc(Cl)cc3)nc2NC(=O)CN(CC2CC2)C(=O)c2cccs2)cc1OC. The van der Waals surface area contributed by atoms with Crippen molar-refractivity contribution >= 4 is 40.7 Å². The summed E-state index contributed by atoms with van der Waals surface area (Å²) >= 11 is 7.45. The lowest BCUT2D eigenvalue weighted by atomic mass is 10.2. The summed E-state index contributed by atoms with van der Waals surface area (Å²) in [5.41, 5.74) is 2.21. The van der Waals surface area contributed by atoms with Gasteiger partial charge in [-0.25, -0.2) is 4.98 Å². The Bertz CT molecular complexity index is 1430. The van der Waals surface area contributed by atoms with Crippen molar-refractivity contribution in [2.24, 2.45) is 5.92 Å². The van der Waals surface area contributed by atoms with Crippen LogP contribution in [0.5, 0.6) is 11.5 Å². The Morgan fingerprint density at radius 1 is 1.11 bits per heavy atom. The molecule has 2 amide bonds. The van der Waals surface area contributed by atoms with E-state index in [1.54, 1.807) is 48.0 Å². The number of hydrogen-bond donors (Lipinski definition) is 1. The predicted octanol–water partition coefficient (Wildman–Crippen LogP) is 5.76. The van der Waals surface area contributed by atoms with Crippen LogP contribution in [-0.4, -0.2) is 53.6 Å². The normalized spacial score (nSPS) is 12.7. The zero-order valence-electron chi connectivity index (χ0n) is 21.0. The molecule has 4 aromatic rings. The maximum absolute atomic E-state index is 13.3. The van der Waals surface area contributed by atoms with Gasteiger partial charge in [-0.3, -0.25) is 19.5 Å². The third-order valence-corrected chi connectivity index (χ3v) is 7.38. The summed E-state index contributed by atoms with van der Waals surface area (Å²) in [6.07, 6.45) is 3.98. The highest BCUT2D eigenvalue weighted by atomic mass is 35.5. The van der Waals surface area contributed by atoms with E-state index in [2.05, 4.69) is 5.32 Å². The summed E-state index contributed by atoms with van der Waals surface area (Å²) in [5.74, 6) is 1.43. The number of ether oxygens (including phenoxy) is 2. The number of thiophene rings is 1. The van der Waals surface area contributed by atoms with Crippen LogP contribution in [-0.2, 0) is 4.79 Å². The number of hydrogen-bond acceptors (Lipinski definition) is 6. The van der Waals surface area contributed by atoms with Gasteiger partial charge in [-0.05, 0) is 54.5 Å². The minimum absolute atomic E-state index is 0.0672. The maximum atomic E-state index is 13.3. The Morgan fingerprint density at radius 2 is 1.87 bits per heavy atom. The largest absolute Gasteiger partial charge is 0.493 e. The van der Waals surface area contributed by atoms with Crippen LogP contribution in [0.2, 0.25) is 5.02 Å². The number of carbonyl (C=O) groups is 2. The number of amides is 2. The van der Waals surface area contributed by atoms with Crippen molar-refractivity contribution in [3.05, 3.63) is 76.1 Å². The number of nitrogens with one attached hydrogen (secondary N) is 1. The summed E-state index contributed by atoms with van der Waals surface area (Å²) in [4.78, 5) is 33.3. The highest BCUT2D eigenvalue weighted by Gasteiger charge is 2.29. The Morgan fingerprint density at radius 3 is 2.53 bits per heavy atom. The van der Waals surface area contributed by atoms with E-state index < -0.39 is 0 Å². The molecule has 0 atom stereocenters. The summed E-state index contributed by atoms with van der Waals surface area (Å²) in [6, 6.07) is 16.4. The minimum Gasteiger partial charge on any atom is -0.493 e. The molecule has 0 bridgehead atoms. The number of benzene rings is 2. The zero-order valence-corrected chi connectivity index (χ0v) is 22.6. The zero-order chi connectivity index (χ0) is 26.6. The average Bonchev–Trinajstić information content (AvgIpc) is 3.39. The van der Waals surface area contributed by atoms with Crippen LogP contribution >= 0.6 is 22.9 Å². The maximum Gasteiger partial charge on any atom is 0.264 e. The van der Waals surface area contributed by atoms with Gasteiger partial charge in [-0.2, -0.15) is 0 Å². The van der Waals surface area contributed by atoms with Crippen LogP contribution in [0.4, 0.5) is 5.95 Å². The second-order valence-electron chi connectivity index (χ2n) is 9.02. The van der Waals surface area contributed by atoms with Crippen molar-refractivity contribution in [1.29, 1.82) is 0 Å². The first kappa shape index (κ1) is 25.8. The smallest absolute Gasteiger partial charge is 0.264 e. The van der Waals surface area contributed by atoms with Crippen molar-refractivity contribution in [3.63, 3.8) is 0 Å². The molecule has 0 aliphatic heterocycles. The second kappa shape index (κ2) is 11.3. The third-order valence-electron chi connectivity index (χ3n) is 6.27. The van der Waals surface area contributed by atoms with Crippen molar-refractivity contribution in [2.75, 3.05) is 32.6 Å². The monoisotopic (exact) mass is 550 g/mol. The molecular formula is C28H27ClN4O4S. The fourth-order valence-electron chi connectivity index (χ4n) is 4.12. The number of nitrogens with zero attached hydrogens (tertiary/aromatic N) is 3. The fraction of sp³-hybridized carbons (Fsp3) is 0.250. The van der Waals surface area contributed by atoms with Crippen LogP contribution in [0.3, 0.4) is 0 Å². The van der Waals surface area contributed by atoms with Gasteiger partial charge in [-0.15, -0.1) is 11.3 Å². The Hall–Kier alpha value is -3.82. The Labute approximate surface area is 229 Å². The Balaban J connectivity index is 1.45. The van der Waals surface area contributed by atoms with E-state index in [0.29, 0.717) is 45.5 Å². The highest BCUT2D eigenvalue weighted by molar-refractivity contribution is 7.12. The van der Waals surface area contributed by atoms with E-state index in [-0.39, 0.29) is 18.4 Å². The first-order chi connectivity index (χ1) is 18.4. The van der Waals surface area contributed by atoms with Gasteiger partial charge >= 0.3 is 0 Å². The van der Waals surface area contributed by atoms with Crippen LogP contribution in [0.1, 0.15) is 22.5 Å². The van der Waals surface area contributed by atoms with Gasteiger partial charge in [-0.1, -0.05) is 29.8 Å². The lowest BCUT2D eigenvalue weighted by Crippen LogP contribution is -2.39. The first-order valence-electron chi connectivity index (χ1n) is 12.2. The molecule has 38 heavy (non-hydrogen) atoms. The lowest BCUT2D eigenvalue weighted by Gasteiger charge is -2.21. The van der Waals surface area contributed by atoms with Crippen molar-refractivity contribution < 1.29 is 19.1 Å². The lowest BCUT2D eigenvalue weighted by molar-refractivity contribution is -0.117. The van der Waals surface area contributed by atoms with Crippen molar-refractivity contribution in [2.45, 2.75) is 12.8 Å². The van der Waals surface area contributed by atoms with Gasteiger partial charge in [0, 0.05) is 29.4 Å². The molecule has 2 aromatic carbocycles. The molecule has 0 saturated heterocycles. The molecule has 2 heterocycles. The number of rotatable bonds is 10. The molecule has 5 rings (SSSR count). The summed E-state index contributed by atoms with van der Waals surface area (Å²) in [7, 11) is 3.14. The predicted molar refractivity (Wildman–Crippen MR) is 149 cm³/mol. The van der Waals surface area contributed by atoms with Gasteiger partial charge in [0.05, 0.1) is 30.5 Å². The second-order valence-corrected chi connectivity index (χ2v) is 10.4. The standard InChI is InChI=1S/C28H27ClN4O4S/c1-36-23-12-11-21(14-24(23)37-2)33-16-22(19-7-9-20(29)10-8-19)30-28(33)31-26(34)17-32(15-18-5-6-18)27(35)25-4-3-13-38-25/h3-4,7-14,16,18H,5-6,15,17H2,1-2H3,(H,30,31,34). The molecule has 2 aromatic heterocycles. The van der Waals surface area contributed by atoms with Gasteiger partial charge < -0.3 is 14.4 Å². The molecule has 1 aliphatic rings. The number of imidazole rings is 1.